The summed E-state index contributed by atoms with van der Waals surface area (Å²) >= 11 is 0. The molecule has 2 nitrogen and oxygen atoms in total. The monoisotopic (exact) mass is 322 g/mol. The quantitative estimate of drug-likeness (QED) is 0.388. The Bertz CT molecular complexity index is 331. The first-order valence-corrected chi connectivity index (χ1v) is 10.4. The highest BCUT2D eigenvalue weighted by atomic mass is 16.5. The SMILES string of the molecule is CCCCCC1CCC(C2CCCC(OC(=O)CCC)C2)CC1. The van der Waals surface area contributed by atoms with Crippen LogP contribution in [0, 0.1) is 17.8 Å². The molecule has 2 aliphatic rings. The van der Waals surface area contributed by atoms with Crippen molar-refractivity contribution in [2.75, 3.05) is 0 Å². The molecule has 0 aromatic rings. The average molecular weight is 323 g/mol. The minimum Gasteiger partial charge on any atom is -0.462 e. The standard InChI is InChI=1S/C21H38O2/c1-3-5-6-9-17-12-14-18(15-13-17)19-10-7-11-20(16-19)23-21(22)8-4-2/h17-20H,3-16H2,1-2H3. The third-order valence-corrected chi connectivity index (χ3v) is 6.19. The van der Waals surface area contributed by atoms with Crippen molar-refractivity contribution in [1.82, 2.24) is 0 Å². The summed E-state index contributed by atoms with van der Waals surface area (Å²) in [6.07, 6.45) is 18.0. The van der Waals surface area contributed by atoms with Crippen molar-refractivity contribution in [2.24, 2.45) is 17.8 Å². The van der Waals surface area contributed by atoms with E-state index in [0.29, 0.717) is 6.42 Å². The highest BCUT2D eigenvalue weighted by Gasteiger charge is 2.32. The van der Waals surface area contributed by atoms with Crippen LogP contribution in [-0.4, -0.2) is 12.1 Å². The first-order chi connectivity index (χ1) is 11.2. The summed E-state index contributed by atoms with van der Waals surface area (Å²) in [7, 11) is 0. The molecule has 2 aliphatic carbocycles. The van der Waals surface area contributed by atoms with Crippen LogP contribution in [0.4, 0.5) is 0 Å². The molecule has 0 spiro atoms. The summed E-state index contributed by atoms with van der Waals surface area (Å²) in [6, 6.07) is 0. The zero-order valence-corrected chi connectivity index (χ0v) is 15.5. The predicted octanol–water partition coefficient (Wildman–Crippen LogP) is 6.28. The first kappa shape index (κ1) is 18.8. The van der Waals surface area contributed by atoms with Crippen molar-refractivity contribution in [3.8, 4) is 0 Å². The molecule has 0 heterocycles. The van der Waals surface area contributed by atoms with E-state index in [2.05, 4.69) is 6.92 Å². The van der Waals surface area contributed by atoms with Crippen LogP contribution in [0.1, 0.15) is 104 Å². The maximum atomic E-state index is 11.7. The lowest BCUT2D eigenvalue weighted by atomic mass is 9.70. The Hall–Kier alpha value is -0.530. The second kappa shape index (κ2) is 10.4. The molecule has 23 heavy (non-hydrogen) atoms. The van der Waals surface area contributed by atoms with Crippen molar-refractivity contribution < 1.29 is 9.53 Å². The molecule has 0 aliphatic heterocycles. The third kappa shape index (κ3) is 6.47. The lowest BCUT2D eigenvalue weighted by Crippen LogP contribution is -2.31. The van der Waals surface area contributed by atoms with Crippen LogP contribution in [-0.2, 0) is 9.53 Å². The van der Waals surface area contributed by atoms with Gasteiger partial charge in [-0.15, -0.1) is 0 Å². The van der Waals surface area contributed by atoms with Crippen LogP contribution < -0.4 is 0 Å². The van der Waals surface area contributed by atoms with Gasteiger partial charge < -0.3 is 4.74 Å². The van der Waals surface area contributed by atoms with Crippen LogP contribution in [0.2, 0.25) is 0 Å². The summed E-state index contributed by atoms with van der Waals surface area (Å²) in [6.45, 7) is 4.34. The molecule has 0 amide bonds. The van der Waals surface area contributed by atoms with Gasteiger partial charge in [-0.3, -0.25) is 4.79 Å². The normalized spacial score (nSPS) is 31.7. The van der Waals surface area contributed by atoms with Crippen LogP contribution in [0.25, 0.3) is 0 Å². The Morgan fingerprint density at radius 3 is 2.39 bits per heavy atom. The van der Waals surface area contributed by atoms with Crippen LogP contribution in [0.3, 0.4) is 0 Å². The molecule has 2 saturated carbocycles. The fraction of sp³-hybridized carbons (Fsp3) is 0.952. The molecule has 0 radical (unpaired) electrons. The number of carbonyl (C=O) groups excluding carboxylic acids is 1. The molecular weight excluding hydrogens is 284 g/mol. The van der Waals surface area contributed by atoms with Crippen molar-refractivity contribution in [1.29, 1.82) is 0 Å². The average Bonchev–Trinajstić information content (AvgIpc) is 2.56. The minimum atomic E-state index is 0.0257. The van der Waals surface area contributed by atoms with Gasteiger partial charge in [0.05, 0.1) is 0 Å². The molecule has 2 heteroatoms. The van der Waals surface area contributed by atoms with Crippen LogP contribution in [0.5, 0.6) is 0 Å². The molecule has 2 unspecified atom stereocenters. The van der Waals surface area contributed by atoms with E-state index in [0.717, 1.165) is 37.0 Å². The van der Waals surface area contributed by atoms with E-state index in [1.807, 2.05) is 6.92 Å². The predicted molar refractivity (Wildman–Crippen MR) is 96.3 cm³/mol. The largest absolute Gasteiger partial charge is 0.462 e. The highest BCUT2D eigenvalue weighted by Crippen LogP contribution is 2.41. The maximum absolute atomic E-state index is 11.7. The molecule has 2 atom stereocenters. The Kier molecular flexibility index (Phi) is 8.47. The van der Waals surface area contributed by atoms with Gasteiger partial charge in [0.15, 0.2) is 0 Å². The van der Waals surface area contributed by atoms with Crippen LogP contribution >= 0.6 is 0 Å². The highest BCUT2D eigenvalue weighted by molar-refractivity contribution is 5.69. The van der Waals surface area contributed by atoms with Gasteiger partial charge in [-0.25, -0.2) is 0 Å². The number of hydrogen-bond acceptors (Lipinski definition) is 2. The maximum Gasteiger partial charge on any atom is 0.306 e. The van der Waals surface area contributed by atoms with E-state index in [4.69, 9.17) is 4.74 Å². The summed E-state index contributed by atoms with van der Waals surface area (Å²) in [4.78, 5) is 11.7. The van der Waals surface area contributed by atoms with Gasteiger partial charge >= 0.3 is 5.97 Å². The van der Waals surface area contributed by atoms with Gasteiger partial charge in [0.25, 0.3) is 0 Å². The molecule has 2 rings (SSSR count). The van der Waals surface area contributed by atoms with Crippen molar-refractivity contribution in [3.63, 3.8) is 0 Å². The molecule has 0 aromatic heterocycles. The lowest BCUT2D eigenvalue weighted by Gasteiger charge is -2.38. The number of unbranched alkanes of at least 4 members (excludes halogenated alkanes) is 2. The topological polar surface area (TPSA) is 26.3 Å². The van der Waals surface area contributed by atoms with E-state index < -0.39 is 0 Å². The van der Waals surface area contributed by atoms with Crippen LogP contribution in [0.15, 0.2) is 0 Å². The smallest absolute Gasteiger partial charge is 0.306 e. The molecule has 0 N–H and O–H groups in total. The van der Waals surface area contributed by atoms with Gasteiger partial charge in [0, 0.05) is 6.42 Å². The fourth-order valence-corrected chi connectivity index (χ4v) is 4.80. The van der Waals surface area contributed by atoms with E-state index in [1.165, 1.54) is 64.2 Å². The van der Waals surface area contributed by atoms with E-state index in [-0.39, 0.29) is 12.1 Å². The second-order valence-electron chi connectivity index (χ2n) is 8.07. The Morgan fingerprint density at radius 1 is 0.913 bits per heavy atom. The number of ether oxygens (including phenoxy) is 1. The Morgan fingerprint density at radius 2 is 1.70 bits per heavy atom. The van der Waals surface area contributed by atoms with Crippen molar-refractivity contribution >= 4 is 5.97 Å². The molecule has 0 saturated heterocycles. The number of rotatable bonds is 8. The zero-order chi connectivity index (χ0) is 16.5. The minimum absolute atomic E-state index is 0.0257. The van der Waals surface area contributed by atoms with Gasteiger partial charge in [0.2, 0.25) is 0 Å². The summed E-state index contributed by atoms with van der Waals surface area (Å²) in [5, 5.41) is 0. The first-order valence-electron chi connectivity index (χ1n) is 10.4. The van der Waals surface area contributed by atoms with Gasteiger partial charge in [-0.05, 0) is 62.7 Å². The summed E-state index contributed by atoms with van der Waals surface area (Å²) in [5.74, 6) is 2.75. The molecule has 0 bridgehead atoms. The molecular formula is C21H38O2. The van der Waals surface area contributed by atoms with E-state index >= 15 is 0 Å². The van der Waals surface area contributed by atoms with Crippen molar-refractivity contribution in [2.45, 2.75) is 110 Å². The number of hydrogen-bond donors (Lipinski definition) is 0. The van der Waals surface area contributed by atoms with Crippen molar-refractivity contribution in [3.05, 3.63) is 0 Å². The summed E-state index contributed by atoms with van der Waals surface area (Å²) < 4.78 is 5.70. The van der Waals surface area contributed by atoms with E-state index in [9.17, 15) is 4.79 Å². The second-order valence-corrected chi connectivity index (χ2v) is 8.07. The molecule has 0 aromatic carbocycles. The lowest BCUT2D eigenvalue weighted by molar-refractivity contribution is -0.151. The van der Waals surface area contributed by atoms with Gasteiger partial charge in [0.1, 0.15) is 6.10 Å². The Balaban J connectivity index is 1.69. The zero-order valence-electron chi connectivity index (χ0n) is 15.5. The van der Waals surface area contributed by atoms with Gasteiger partial charge in [-0.2, -0.15) is 0 Å². The van der Waals surface area contributed by atoms with Gasteiger partial charge in [-0.1, -0.05) is 52.4 Å². The molecule has 2 fully saturated rings. The number of esters is 1. The Labute approximate surface area is 143 Å². The third-order valence-electron chi connectivity index (χ3n) is 6.19. The number of carbonyl (C=O) groups is 1. The van der Waals surface area contributed by atoms with E-state index in [1.54, 1.807) is 0 Å². The fourth-order valence-electron chi connectivity index (χ4n) is 4.80. The summed E-state index contributed by atoms with van der Waals surface area (Å²) in [5.41, 5.74) is 0. The molecule has 134 valence electrons.